The molecule has 0 spiro atoms. The lowest BCUT2D eigenvalue weighted by molar-refractivity contribution is 0.645. The Hall–Kier alpha value is -0.320. The first kappa shape index (κ1) is 12.7. The number of hydrogen-bond donors (Lipinski definition) is 1. The quantitative estimate of drug-likeness (QED) is 0.864. The van der Waals surface area contributed by atoms with Crippen LogP contribution < -0.4 is 4.80 Å². The molecule has 6 heteroatoms. The van der Waals surface area contributed by atoms with Crippen LogP contribution in [0.25, 0.3) is 0 Å². The van der Waals surface area contributed by atoms with Gasteiger partial charge in [-0.05, 0) is 6.42 Å². The molecular formula is C7H11Cl2N3S. The molecule has 0 amide bonds. The average molecular weight is 240 g/mol. The van der Waals surface area contributed by atoms with E-state index < -0.39 is 0 Å². The lowest BCUT2D eigenvalue weighted by Gasteiger charge is -1.95. The third-order valence-corrected chi connectivity index (χ3v) is 2.43. The molecule has 13 heavy (non-hydrogen) atoms. The van der Waals surface area contributed by atoms with Crippen molar-refractivity contribution in [2.75, 3.05) is 0 Å². The van der Waals surface area contributed by atoms with E-state index in [1.54, 1.807) is 4.68 Å². The molecule has 1 heterocycles. The van der Waals surface area contributed by atoms with E-state index in [9.17, 15) is 0 Å². The zero-order valence-electron chi connectivity index (χ0n) is 7.21. The van der Waals surface area contributed by atoms with E-state index in [-0.39, 0.29) is 12.4 Å². The molecule has 3 nitrogen and oxygen atoms in total. The molecule has 1 rings (SSSR count). The molecule has 1 aromatic heterocycles. The van der Waals surface area contributed by atoms with Crippen molar-refractivity contribution in [2.24, 2.45) is 0 Å². The van der Waals surface area contributed by atoms with Crippen molar-refractivity contribution in [1.82, 2.24) is 9.78 Å². The average Bonchev–Trinajstić information content (AvgIpc) is 2.31. The molecule has 0 aliphatic heterocycles. The fourth-order valence-corrected chi connectivity index (χ4v) is 1.61. The maximum absolute atomic E-state index is 7.51. The van der Waals surface area contributed by atoms with Gasteiger partial charge in [0.05, 0.1) is 6.54 Å². The van der Waals surface area contributed by atoms with Gasteiger partial charge in [0.1, 0.15) is 5.01 Å². The molecule has 0 aliphatic rings. The Kier molecular flexibility index (Phi) is 5.29. The van der Waals surface area contributed by atoms with Crippen molar-refractivity contribution in [3.05, 3.63) is 21.4 Å². The SMILES string of the molecule is C=C(Cl)Cn1nc(CC)sc1=N.Cl. The number of nitrogens with one attached hydrogen (secondary N) is 1. The van der Waals surface area contributed by atoms with Gasteiger partial charge in [-0.3, -0.25) is 5.41 Å². The predicted octanol–water partition coefficient (Wildman–Crippen LogP) is 2.16. The Morgan fingerprint density at radius 3 is 2.77 bits per heavy atom. The van der Waals surface area contributed by atoms with E-state index in [1.807, 2.05) is 6.92 Å². The Morgan fingerprint density at radius 2 is 2.38 bits per heavy atom. The molecule has 0 fully saturated rings. The molecule has 0 saturated carbocycles. The number of nitrogens with zero attached hydrogens (tertiary/aromatic N) is 2. The third-order valence-electron chi connectivity index (χ3n) is 1.30. The van der Waals surface area contributed by atoms with Gasteiger partial charge in [0.2, 0.25) is 4.80 Å². The Morgan fingerprint density at radius 1 is 1.77 bits per heavy atom. The lowest BCUT2D eigenvalue weighted by Crippen LogP contribution is -2.14. The van der Waals surface area contributed by atoms with E-state index in [2.05, 4.69) is 11.7 Å². The van der Waals surface area contributed by atoms with Crippen LogP contribution in [0.15, 0.2) is 11.6 Å². The van der Waals surface area contributed by atoms with Crippen molar-refractivity contribution >= 4 is 35.3 Å². The minimum Gasteiger partial charge on any atom is -0.274 e. The number of allylic oxidation sites excluding steroid dienone is 1. The summed E-state index contributed by atoms with van der Waals surface area (Å²) in [5.41, 5.74) is 0. The van der Waals surface area contributed by atoms with Gasteiger partial charge in [0.25, 0.3) is 0 Å². The first-order valence-electron chi connectivity index (χ1n) is 3.58. The van der Waals surface area contributed by atoms with Crippen molar-refractivity contribution in [2.45, 2.75) is 19.9 Å². The second kappa shape index (κ2) is 5.42. The summed E-state index contributed by atoms with van der Waals surface area (Å²) in [6.07, 6.45) is 0.859. The number of halogens is 2. The third kappa shape index (κ3) is 3.50. The molecule has 0 aromatic carbocycles. The molecular weight excluding hydrogens is 229 g/mol. The smallest absolute Gasteiger partial charge is 0.200 e. The van der Waals surface area contributed by atoms with Crippen LogP contribution in [0.2, 0.25) is 0 Å². The summed E-state index contributed by atoms with van der Waals surface area (Å²) in [5, 5.41) is 13.1. The molecule has 0 bridgehead atoms. The number of aryl methyl sites for hydroxylation is 1. The van der Waals surface area contributed by atoms with Crippen molar-refractivity contribution in [3.63, 3.8) is 0 Å². The van der Waals surface area contributed by atoms with E-state index in [1.165, 1.54) is 11.3 Å². The van der Waals surface area contributed by atoms with Gasteiger partial charge in [0.15, 0.2) is 0 Å². The fraction of sp³-hybridized carbons (Fsp3) is 0.429. The molecule has 1 aromatic rings. The van der Waals surface area contributed by atoms with Crippen LogP contribution in [-0.4, -0.2) is 9.78 Å². The number of hydrogen-bond acceptors (Lipinski definition) is 3. The second-order valence-corrected chi connectivity index (χ2v) is 3.93. The summed E-state index contributed by atoms with van der Waals surface area (Å²) in [5.74, 6) is 0. The summed E-state index contributed by atoms with van der Waals surface area (Å²) in [6.45, 7) is 5.99. The molecule has 0 aliphatic carbocycles. The molecule has 0 saturated heterocycles. The number of rotatable bonds is 3. The molecule has 0 radical (unpaired) electrons. The summed E-state index contributed by atoms with van der Waals surface area (Å²) < 4.78 is 1.55. The van der Waals surface area contributed by atoms with Gasteiger partial charge in [-0.1, -0.05) is 36.4 Å². The van der Waals surface area contributed by atoms with Crippen molar-refractivity contribution in [1.29, 1.82) is 5.41 Å². The monoisotopic (exact) mass is 239 g/mol. The highest BCUT2D eigenvalue weighted by molar-refractivity contribution is 7.08. The van der Waals surface area contributed by atoms with Gasteiger partial charge >= 0.3 is 0 Å². The van der Waals surface area contributed by atoms with E-state index in [4.69, 9.17) is 17.0 Å². The van der Waals surface area contributed by atoms with Crippen molar-refractivity contribution < 1.29 is 0 Å². The first-order valence-corrected chi connectivity index (χ1v) is 4.77. The molecule has 0 atom stereocenters. The van der Waals surface area contributed by atoms with E-state index in [0.717, 1.165) is 11.4 Å². The van der Waals surface area contributed by atoms with Crippen LogP contribution in [0.4, 0.5) is 0 Å². The zero-order chi connectivity index (χ0) is 9.14. The molecule has 0 unspecified atom stereocenters. The van der Waals surface area contributed by atoms with Crippen LogP contribution in [0, 0.1) is 5.41 Å². The normalized spacial score (nSPS) is 9.38. The fourth-order valence-electron chi connectivity index (χ4n) is 0.777. The summed E-state index contributed by atoms with van der Waals surface area (Å²) in [4.78, 5) is 0.425. The predicted molar refractivity (Wildman–Crippen MR) is 57.6 cm³/mol. The van der Waals surface area contributed by atoms with Crippen LogP contribution in [0.3, 0.4) is 0 Å². The lowest BCUT2D eigenvalue weighted by atomic mass is 10.5. The van der Waals surface area contributed by atoms with Crippen LogP contribution >= 0.6 is 35.3 Å². The van der Waals surface area contributed by atoms with Crippen LogP contribution in [0.1, 0.15) is 11.9 Å². The summed E-state index contributed by atoms with van der Waals surface area (Å²) in [6, 6.07) is 0. The van der Waals surface area contributed by atoms with Gasteiger partial charge < -0.3 is 0 Å². The first-order chi connectivity index (χ1) is 5.63. The van der Waals surface area contributed by atoms with Crippen LogP contribution in [0.5, 0.6) is 0 Å². The zero-order valence-corrected chi connectivity index (χ0v) is 9.60. The van der Waals surface area contributed by atoms with Gasteiger partial charge in [-0.2, -0.15) is 5.10 Å². The Balaban J connectivity index is 0.00000144. The minimum atomic E-state index is 0. The summed E-state index contributed by atoms with van der Waals surface area (Å²) in [7, 11) is 0. The molecule has 74 valence electrons. The topological polar surface area (TPSA) is 41.7 Å². The highest BCUT2D eigenvalue weighted by Gasteiger charge is 2.01. The van der Waals surface area contributed by atoms with Gasteiger partial charge in [0, 0.05) is 5.03 Å². The van der Waals surface area contributed by atoms with E-state index >= 15 is 0 Å². The minimum absolute atomic E-state index is 0. The Bertz CT molecular complexity index is 342. The van der Waals surface area contributed by atoms with Crippen LogP contribution in [-0.2, 0) is 13.0 Å². The van der Waals surface area contributed by atoms with Gasteiger partial charge in [-0.25, -0.2) is 4.68 Å². The largest absolute Gasteiger partial charge is 0.274 e. The maximum atomic E-state index is 7.51. The highest BCUT2D eigenvalue weighted by atomic mass is 35.5. The number of aromatic nitrogens is 2. The summed E-state index contributed by atoms with van der Waals surface area (Å²) >= 11 is 6.98. The Labute approximate surface area is 92.0 Å². The molecule has 1 N–H and O–H groups in total. The van der Waals surface area contributed by atoms with E-state index in [0.29, 0.717) is 16.4 Å². The highest BCUT2D eigenvalue weighted by Crippen LogP contribution is 2.03. The van der Waals surface area contributed by atoms with Crippen molar-refractivity contribution in [3.8, 4) is 0 Å². The standard InChI is InChI=1S/C7H10ClN3S.ClH/c1-3-6-10-11(4-5(2)8)7(9)12-6;/h9H,2-4H2,1H3;1H. The van der Waals surface area contributed by atoms with Gasteiger partial charge in [-0.15, -0.1) is 12.4 Å². The maximum Gasteiger partial charge on any atom is 0.200 e. The second-order valence-electron chi connectivity index (χ2n) is 2.33.